The Balaban J connectivity index is 1.71. The van der Waals surface area contributed by atoms with Crippen molar-refractivity contribution in [3.8, 4) is 0 Å². The lowest BCUT2D eigenvalue weighted by Gasteiger charge is -2.19. The van der Waals surface area contributed by atoms with Crippen molar-refractivity contribution < 1.29 is 9.53 Å². The van der Waals surface area contributed by atoms with Crippen LogP contribution in [0.1, 0.15) is 32.8 Å². The van der Waals surface area contributed by atoms with Gasteiger partial charge in [0.25, 0.3) is 0 Å². The van der Waals surface area contributed by atoms with Gasteiger partial charge >= 0.3 is 6.09 Å². The second kappa shape index (κ2) is 6.14. The van der Waals surface area contributed by atoms with Crippen molar-refractivity contribution in [1.29, 1.82) is 0 Å². The summed E-state index contributed by atoms with van der Waals surface area (Å²) in [7, 11) is 0. The highest BCUT2D eigenvalue weighted by Gasteiger charge is 2.38. The number of alkyl carbamates (subject to hydrolysis) is 1. The fourth-order valence-electron chi connectivity index (χ4n) is 1.92. The van der Waals surface area contributed by atoms with E-state index in [1.165, 1.54) is 5.56 Å². The van der Waals surface area contributed by atoms with Gasteiger partial charge in [-0.25, -0.2) is 4.79 Å². The van der Waals surface area contributed by atoms with Gasteiger partial charge in [0.1, 0.15) is 5.60 Å². The van der Waals surface area contributed by atoms with E-state index in [9.17, 15) is 4.79 Å². The third kappa shape index (κ3) is 4.80. The Morgan fingerprint density at radius 3 is 2.70 bits per heavy atom. The normalized spacial score (nSPS) is 21.4. The number of ether oxygens (including phenoxy) is 1. The number of hydrogen-bond acceptors (Lipinski definition) is 3. The molecule has 1 saturated carbocycles. The highest BCUT2D eigenvalue weighted by Crippen LogP contribution is 2.23. The van der Waals surface area contributed by atoms with Gasteiger partial charge in [0, 0.05) is 23.1 Å². The zero-order chi connectivity index (χ0) is 14.8. The second-order valence-electron chi connectivity index (χ2n) is 6.07. The molecule has 1 aliphatic rings. The van der Waals surface area contributed by atoms with Crippen molar-refractivity contribution in [2.45, 2.75) is 51.4 Å². The van der Waals surface area contributed by atoms with Crippen LogP contribution in [0.4, 0.5) is 4.79 Å². The van der Waals surface area contributed by atoms with E-state index in [-0.39, 0.29) is 12.1 Å². The summed E-state index contributed by atoms with van der Waals surface area (Å²) in [5.41, 5.74) is 0.770. The van der Waals surface area contributed by atoms with Crippen LogP contribution >= 0.6 is 15.9 Å². The molecule has 0 radical (unpaired) electrons. The van der Waals surface area contributed by atoms with Gasteiger partial charge in [0.15, 0.2) is 0 Å². The lowest BCUT2D eigenvalue weighted by atomic mass is 10.2. The van der Waals surface area contributed by atoms with E-state index >= 15 is 0 Å². The van der Waals surface area contributed by atoms with E-state index in [2.05, 4.69) is 32.6 Å². The van der Waals surface area contributed by atoms with Crippen molar-refractivity contribution in [3.63, 3.8) is 0 Å². The van der Waals surface area contributed by atoms with Crippen LogP contribution < -0.4 is 10.6 Å². The molecule has 0 aliphatic heterocycles. The molecule has 1 fully saturated rings. The minimum atomic E-state index is -0.448. The topological polar surface area (TPSA) is 50.4 Å². The highest BCUT2D eigenvalue weighted by molar-refractivity contribution is 9.10. The van der Waals surface area contributed by atoms with Crippen molar-refractivity contribution >= 4 is 22.0 Å². The van der Waals surface area contributed by atoms with Gasteiger partial charge in [-0.15, -0.1) is 0 Å². The third-order valence-electron chi connectivity index (χ3n) is 3.01. The standard InChI is InChI=1S/C15H21BrN2O2/c1-15(2,3)20-14(19)18-13-8-12(13)17-9-10-6-4-5-7-11(10)16/h4-7,12-13,17H,8-9H2,1-3H3,(H,18,19). The molecule has 1 aromatic carbocycles. The molecule has 4 nitrogen and oxygen atoms in total. The molecule has 0 aromatic heterocycles. The SMILES string of the molecule is CC(C)(C)OC(=O)NC1CC1NCc1ccccc1Br. The summed E-state index contributed by atoms with van der Waals surface area (Å²) >= 11 is 3.53. The summed E-state index contributed by atoms with van der Waals surface area (Å²) in [6.45, 7) is 6.38. The molecule has 110 valence electrons. The predicted molar refractivity (Wildman–Crippen MR) is 82.5 cm³/mol. The molecule has 2 N–H and O–H groups in total. The zero-order valence-corrected chi connectivity index (χ0v) is 13.7. The minimum Gasteiger partial charge on any atom is -0.444 e. The van der Waals surface area contributed by atoms with Crippen molar-refractivity contribution in [2.24, 2.45) is 0 Å². The van der Waals surface area contributed by atoms with Gasteiger partial charge in [-0.05, 0) is 38.8 Å². The molecule has 1 amide bonds. The molecule has 0 heterocycles. The number of benzene rings is 1. The molecule has 5 heteroatoms. The average molecular weight is 341 g/mol. The van der Waals surface area contributed by atoms with Crippen LogP contribution in [0.15, 0.2) is 28.7 Å². The number of halogens is 1. The van der Waals surface area contributed by atoms with Gasteiger partial charge in [-0.2, -0.15) is 0 Å². The largest absolute Gasteiger partial charge is 0.444 e. The van der Waals surface area contributed by atoms with Crippen LogP contribution in [-0.2, 0) is 11.3 Å². The monoisotopic (exact) mass is 340 g/mol. The van der Waals surface area contributed by atoms with E-state index < -0.39 is 5.60 Å². The minimum absolute atomic E-state index is 0.173. The van der Waals surface area contributed by atoms with Gasteiger partial charge in [-0.1, -0.05) is 34.1 Å². The summed E-state index contributed by atoms with van der Waals surface area (Å²) in [6.07, 6.45) is 0.608. The molecule has 20 heavy (non-hydrogen) atoms. The first-order valence-electron chi connectivity index (χ1n) is 6.81. The number of nitrogens with one attached hydrogen (secondary N) is 2. The summed E-state index contributed by atoms with van der Waals surface area (Å²) in [5.74, 6) is 0. The van der Waals surface area contributed by atoms with Gasteiger partial charge < -0.3 is 15.4 Å². The fraction of sp³-hybridized carbons (Fsp3) is 0.533. The molecular weight excluding hydrogens is 320 g/mol. The summed E-state index contributed by atoms with van der Waals surface area (Å²) in [4.78, 5) is 11.6. The number of rotatable bonds is 4. The first-order chi connectivity index (χ1) is 9.35. The quantitative estimate of drug-likeness (QED) is 0.884. The van der Waals surface area contributed by atoms with Crippen molar-refractivity contribution in [2.75, 3.05) is 0 Å². The Bertz CT molecular complexity index is 485. The fourth-order valence-corrected chi connectivity index (χ4v) is 2.35. The maximum Gasteiger partial charge on any atom is 0.407 e. The first-order valence-corrected chi connectivity index (χ1v) is 7.61. The molecule has 2 atom stereocenters. The maximum absolute atomic E-state index is 11.6. The highest BCUT2D eigenvalue weighted by atomic mass is 79.9. The Labute approximate surface area is 128 Å². The summed E-state index contributed by atoms with van der Waals surface area (Å²) in [5, 5.41) is 6.31. The molecular formula is C15H21BrN2O2. The van der Waals surface area contributed by atoms with Crippen LogP contribution in [0.5, 0.6) is 0 Å². The van der Waals surface area contributed by atoms with Crippen molar-refractivity contribution in [1.82, 2.24) is 10.6 Å². The molecule has 1 aromatic rings. The second-order valence-corrected chi connectivity index (χ2v) is 6.92. The van der Waals surface area contributed by atoms with Crippen LogP contribution in [0.2, 0.25) is 0 Å². The van der Waals surface area contributed by atoms with Crippen LogP contribution in [0.3, 0.4) is 0 Å². The maximum atomic E-state index is 11.6. The van der Waals surface area contributed by atoms with Gasteiger partial charge in [0.05, 0.1) is 0 Å². The van der Waals surface area contributed by atoms with Gasteiger partial charge in [0.2, 0.25) is 0 Å². The molecule has 0 bridgehead atoms. The Hall–Kier alpha value is -1.07. The molecule has 0 saturated heterocycles. The Morgan fingerprint density at radius 1 is 1.35 bits per heavy atom. The molecule has 1 aliphatic carbocycles. The molecule has 2 unspecified atom stereocenters. The Kier molecular flexibility index (Phi) is 4.70. The predicted octanol–water partition coefficient (Wildman–Crippen LogP) is 3.20. The van der Waals surface area contributed by atoms with E-state index in [0.717, 1.165) is 17.4 Å². The molecule has 2 rings (SSSR count). The zero-order valence-electron chi connectivity index (χ0n) is 12.1. The third-order valence-corrected chi connectivity index (χ3v) is 3.78. The van der Waals surface area contributed by atoms with Gasteiger partial charge in [-0.3, -0.25) is 0 Å². The number of amides is 1. The lowest BCUT2D eigenvalue weighted by Crippen LogP contribution is -2.36. The van der Waals surface area contributed by atoms with Crippen LogP contribution in [-0.4, -0.2) is 23.8 Å². The first kappa shape index (κ1) is 15.3. The molecule has 0 spiro atoms. The van der Waals surface area contributed by atoms with Crippen LogP contribution in [0, 0.1) is 0 Å². The van der Waals surface area contributed by atoms with E-state index in [4.69, 9.17) is 4.74 Å². The van der Waals surface area contributed by atoms with Crippen LogP contribution in [0.25, 0.3) is 0 Å². The van der Waals surface area contributed by atoms with E-state index in [0.29, 0.717) is 6.04 Å². The number of carbonyl (C=O) groups excluding carboxylic acids is 1. The number of hydrogen-bond donors (Lipinski definition) is 2. The van der Waals surface area contributed by atoms with E-state index in [1.54, 1.807) is 0 Å². The lowest BCUT2D eigenvalue weighted by molar-refractivity contribution is 0.0522. The summed E-state index contributed by atoms with van der Waals surface area (Å²) in [6, 6.07) is 8.63. The number of carbonyl (C=O) groups is 1. The average Bonchev–Trinajstić information content (AvgIpc) is 3.03. The summed E-state index contributed by atoms with van der Waals surface area (Å²) < 4.78 is 6.34. The van der Waals surface area contributed by atoms with Crippen molar-refractivity contribution in [3.05, 3.63) is 34.3 Å². The smallest absolute Gasteiger partial charge is 0.407 e. The Morgan fingerprint density at radius 2 is 2.05 bits per heavy atom. The van der Waals surface area contributed by atoms with E-state index in [1.807, 2.05) is 39.0 Å².